The minimum absolute atomic E-state index is 0.218. The Hall–Kier alpha value is -2.44. The van der Waals surface area contributed by atoms with E-state index in [2.05, 4.69) is 35.5 Å². The molecule has 1 aromatic carbocycles. The minimum Gasteiger partial charge on any atom is -0.492 e. The van der Waals surface area contributed by atoms with Crippen LogP contribution in [0, 0.1) is 13.8 Å². The molecule has 1 aromatic rings. The van der Waals surface area contributed by atoms with Crippen LogP contribution in [-0.4, -0.2) is 62.4 Å². The van der Waals surface area contributed by atoms with Gasteiger partial charge in [0.2, 0.25) is 0 Å². The molecule has 1 saturated heterocycles. The van der Waals surface area contributed by atoms with Gasteiger partial charge in [0, 0.05) is 25.7 Å². The number of aliphatic imine (C=N–C) groups is 1. The van der Waals surface area contributed by atoms with E-state index in [-0.39, 0.29) is 6.09 Å². The Morgan fingerprint density at radius 2 is 1.86 bits per heavy atom. The van der Waals surface area contributed by atoms with Gasteiger partial charge in [0.1, 0.15) is 12.4 Å². The number of guanidine groups is 1. The number of nitrogens with zero attached hydrogens (tertiary/aromatic N) is 2. The lowest BCUT2D eigenvalue weighted by Gasteiger charge is -2.32. The second-order valence-corrected chi connectivity index (χ2v) is 7.04. The highest BCUT2D eigenvalue weighted by molar-refractivity contribution is 5.80. The number of carbonyl (C=O) groups is 1. The van der Waals surface area contributed by atoms with Gasteiger partial charge in [0.15, 0.2) is 5.96 Å². The van der Waals surface area contributed by atoms with Crippen LogP contribution in [0.3, 0.4) is 0 Å². The molecular weight excluding hydrogens is 356 g/mol. The summed E-state index contributed by atoms with van der Waals surface area (Å²) >= 11 is 0. The third kappa shape index (κ3) is 7.29. The third-order valence-electron chi connectivity index (χ3n) is 4.53. The van der Waals surface area contributed by atoms with Crippen molar-refractivity contribution in [2.45, 2.75) is 46.6 Å². The maximum atomic E-state index is 11.8. The molecule has 7 nitrogen and oxygen atoms in total. The fraction of sp³-hybridized carbons (Fsp3) is 0.619. The molecule has 1 fully saturated rings. The van der Waals surface area contributed by atoms with Gasteiger partial charge >= 0.3 is 6.09 Å². The molecule has 2 N–H and O–H groups in total. The number of amides is 1. The summed E-state index contributed by atoms with van der Waals surface area (Å²) in [7, 11) is 0. The minimum atomic E-state index is -0.218. The Labute approximate surface area is 168 Å². The number of ether oxygens (including phenoxy) is 2. The van der Waals surface area contributed by atoms with Crippen LogP contribution in [0.4, 0.5) is 4.79 Å². The van der Waals surface area contributed by atoms with Crippen molar-refractivity contribution in [3.63, 3.8) is 0 Å². The fourth-order valence-electron chi connectivity index (χ4n) is 3.27. The van der Waals surface area contributed by atoms with E-state index in [4.69, 9.17) is 9.47 Å². The number of hydrogen-bond donors (Lipinski definition) is 2. The van der Waals surface area contributed by atoms with Gasteiger partial charge in [-0.3, -0.25) is 0 Å². The maximum absolute atomic E-state index is 11.8. The van der Waals surface area contributed by atoms with E-state index in [0.29, 0.717) is 38.9 Å². The number of hydrogen-bond acceptors (Lipinski definition) is 4. The first kappa shape index (κ1) is 21.9. The van der Waals surface area contributed by atoms with E-state index in [9.17, 15) is 4.79 Å². The van der Waals surface area contributed by atoms with E-state index in [0.717, 1.165) is 31.1 Å². The zero-order valence-electron chi connectivity index (χ0n) is 17.6. The van der Waals surface area contributed by atoms with Crippen LogP contribution in [0.15, 0.2) is 23.2 Å². The number of likely N-dealkylation sites (tertiary alicyclic amines) is 1. The van der Waals surface area contributed by atoms with Crippen LogP contribution in [0.25, 0.3) is 0 Å². The van der Waals surface area contributed by atoms with Gasteiger partial charge in [0.05, 0.1) is 13.2 Å². The summed E-state index contributed by atoms with van der Waals surface area (Å²) in [5.74, 6) is 1.68. The second kappa shape index (κ2) is 11.4. The topological polar surface area (TPSA) is 75.2 Å². The quantitative estimate of drug-likeness (QED) is 0.425. The lowest BCUT2D eigenvalue weighted by atomic mass is 10.1. The van der Waals surface area contributed by atoms with Crippen molar-refractivity contribution >= 4 is 12.1 Å². The first-order valence-corrected chi connectivity index (χ1v) is 10.2. The predicted molar refractivity (Wildman–Crippen MR) is 112 cm³/mol. The van der Waals surface area contributed by atoms with Gasteiger partial charge in [-0.1, -0.05) is 6.07 Å². The summed E-state index contributed by atoms with van der Waals surface area (Å²) in [5, 5.41) is 6.75. The highest BCUT2D eigenvalue weighted by atomic mass is 16.6. The normalized spacial score (nSPS) is 15.3. The molecule has 156 valence electrons. The standard InChI is InChI=1S/C21H34N4O3/c1-5-22-20(23-9-12-28-19-14-16(3)13-17(4)15-19)24-18-7-10-25(11-8-18)21(26)27-6-2/h13-15,18H,5-12H2,1-4H3,(H2,22,23,24). The molecule has 0 spiro atoms. The van der Waals surface area contributed by atoms with Gasteiger partial charge in [0.25, 0.3) is 0 Å². The molecule has 28 heavy (non-hydrogen) atoms. The third-order valence-corrected chi connectivity index (χ3v) is 4.53. The van der Waals surface area contributed by atoms with E-state index in [1.165, 1.54) is 11.1 Å². The number of benzene rings is 1. The molecule has 0 aromatic heterocycles. The van der Waals surface area contributed by atoms with Crippen molar-refractivity contribution in [3.05, 3.63) is 29.3 Å². The van der Waals surface area contributed by atoms with Crippen molar-refractivity contribution in [2.24, 2.45) is 4.99 Å². The van der Waals surface area contributed by atoms with Crippen LogP contribution in [-0.2, 0) is 4.74 Å². The molecule has 0 unspecified atom stereocenters. The monoisotopic (exact) mass is 390 g/mol. The van der Waals surface area contributed by atoms with Gasteiger partial charge in [-0.05, 0) is 63.8 Å². The number of rotatable bonds is 7. The predicted octanol–water partition coefficient (Wildman–Crippen LogP) is 2.86. The molecule has 2 rings (SSSR count). The van der Waals surface area contributed by atoms with Crippen molar-refractivity contribution < 1.29 is 14.3 Å². The van der Waals surface area contributed by atoms with Gasteiger partial charge in [-0.25, -0.2) is 9.79 Å². The Morgan fingerprint density at radius 1 is 1.18 bits per heavy atom. The average Bonchev–Trinajstić information content (AvgIpc) is 2.65. The van der Waals surface area contributed by atoms with Gasteiger partial charge in [-0.2, -0.15) is 0 Å². The van der Waals surface area contributed by atoms with E-state index >= 15 is 0 Å². The highest BCUT2D eigenvalue weighted by Crippen LogP contribution is 2.16. The van der Waals surface area contributed by atoms with Crippen molar-refractivity contribution in [1.82, 2.24) is 15.5 Å². The molecule has 0 aliphatic carbocycles. The molecule has 1 aliphatic rings. The summed E-state index contributed by atoms with van der Waals surface area (Å²) in [6, 6.07) is 6.50. The number of aryl methyl sites for hydroxylation is 2. The molecule has 0 atom stereocenters. The lowest BCUT2D eigenvalue weighted by Crippen LogP contribution is -2.50. The SMILES string of the molecule is CCNC(=NCCOc1cc(C)cc(C)c1)NC1CCN(C(=O)OCC)CC1. The van der Waals surface area contributed by atoms with Crippen molar-refractivity contribution in [1.29, 1.82) is 0 Å². The number of piperidine rings is 1. The summed E-state index contributed by atoms with van der Waals surface area (Å²) < 4.78 is 10.9. The molecule has 0 bridgehead atoms. The van der Waals surface area contributed by atoms with Gasteiger partial charge < -0.3 is 25.0 Å². The van der Waals surface area contributed by atoms with Crippen LogP contribution in [0.5, 0.6) is 5.75 Å². The Balaban J connectivity index is 1.78. The largest absolute Gasteiger partial charge is 0.492 e. The Bertz CT molecular complexity index is 635. The van der Waals surface area contributed by atoms with Gasteiger partial charge in [-0.15, -0.1) is 0 Å². The Morgan fingerprint density at radius 3 is 2.46 bits per heavy atom. The van der Waals surface area contributed by atoms with Crippen molar-refractivity contribution in [3.8, 4) is 5.75 Å². The van der Waals surface area contributed by atoms with Crippen LogP contribution >= 0.6 is 0 Å². The average molecular weight is 391 g/mol. The smallest absolute Gasteiger partial charge is 0.409 e. The first-order chi connectivity index (χ1) is 13.5. The summed E-state index contributed by atoms with van der Waals surface area (Å²) in [6.07, 6.45) is 1.54. The molecular formula is C21H34N4O3. The van der Waals surface area contributed by atoms with E-state index in [1.807, 2.05) is 26.0 Å². The molecule has 1 amide bonds. The second-order valence-electron chi connectivity index (χ2n) is 7.04. The van der Waals surface area contributed by atoms with Crippen LogP contribution < -0.4 is 15.4 Å². The first-order valence-electron chi connectivity index (χ1n) is 10.2. The number of nitrogens with one attached hydrogen (secondary N) is 2. The number of carbonyl (C=O) groups excluding carboxylic acids is 1. The zero-order valence-corrected chi connectivity index (χ0v) is 17.6. The summed E-state index contributed by atoms with van der Waals surface area (Å²) in [6.45, 7) is 11.7. The molecule has 0 saturated carbocycles. The zero-order chi connectivity index (χ0) is 20.4. The van der Waals surface area contributed by atoms with E-state index in [1.54, 1.807) is 4.90 Å². The summed E-state index contributed by atoms with van der Waals surface area (Å²) in [5.41, 5.74) is 2.39. The maximum Gasteiger partial charge on any atom is 0.409 e. The van der Waals surface area contributed by atoms with Crippen LogP contribution in [0.1, 0.15) is 37.8 Å². The van der Waals surface area contributed by atoms with Crippen LogP contribution in [0.2, 0.25) is 0 Å². The fourth-order valence-corrected chi connectivity index (χ4v) is 3.27. The lowest BCUT2D eigenvalue weighted by molar-refractivity contribution is 0.0963. The van der Waals surface area contributed by atoms with E-state index < -0.39 is 0 Å². The highest BCUT2D eigenvalue weighted by Gasteiger charge is 2.23. The summed E-state index contributed by atoms with van der Waals surface area (Å²) in [4.78, 5) is 18.2. The van der Waals surface area contributed by atoms with Crippen molar-refractivity contribution in [2.75, 3.05) is 39.4 Å². The Kier molecular flexibility index (Phi) is 8.91. The molecule has 1 heterocycles. The molecule has 7 heteroatoms. The molecule has 0 radical (unpaired) electrons. The molecule has 1 aliphatic heterocycles.